The Hall–Kier alpha value is -3.33. The molecule has 3 aromatic rings. The Morgan fingerprint density at radius 2 is 2.05 bits per heavy atom. The monoisotopic (exact) mass is 555 g/mol. The molecule has 1 aromatic carbocycles. The van der Waals surface area contributed by atoms with E-state index in [2.05, 4.69) is 15.5 Å². The molecule has 0 spiro atoms. The highest BCUT2D eigenvalue weighted by Crippen LogP contribution is 2.34. The Morgan fingerprint density at radius 1 is 1.26 bits per heavy atom. The van der Waals surface area contributed by atoms with Crippen LogP contribution in [0.25, 0.3) is 5.65 Å². The summed E-state index contributed by atoms with van der Waals surface area (Å²) in [6.07, 6.45) is 11.1. The summed E-state index contributed by atoms with van der Waals surface area (Å²) in [5.74, 6) is 3.26. The molecule has 10 nitrogen and oxygen atoms in total. The van der Waals surface area contributed by atoms with Gasteiger partial charge in [-0.25, -0.2) is 17.9 Å². The third kappa shape index (κ3) is 5.16. The van der Waals surface area contributed by atoms with Crippen LogP contribution >= 0.6 is 11.6 Å². The largest absolute Gasteiger partial charge is 0.353 e. The number of terminal acetylenes is 1. The highest BCUT2D eigenvalue weighted by molar-refractivity contribution is 7.92. The van der Waals surface area contributed by atoms with Crippen LogP contribution in [0.1, 0.15) is 46.9 Å². The van der Waals surface area contributed by atoms with Crippen LogP contribution in [0.3, 0.4) is 0 Å². The van der Waals surface area contributed by atoms with Crippen molar-refractivity contribution in [1.82, 2.24) is 19.5 Å². The number of fused-ring (bicyclic) bond motifs is 1. The molecular weight excluding hydrogens is 526 g/mol. The summed E-state index contributed by atoms with van der Waals surface area (Å²) in [6, 6.07) is 6.05. The van der Waals surface area contributed by atoms with Crippen molar-refractivity contribution in [3.05, 3.63) is 52.3 Å². The molecule has 5 rings (SSSR count). The fraction of sp³-hybridized carbons (Fsp3) is 0.423. The number of rotatable bonds is 5. The topological polar surface area (TPSA) is 126 Å². The van der Waals surface area contributed by atoms with Gasteiger partial charge in [-0.05, 0) is 44.4 Å². The number of anilines is 2. The van der Waals surface area contributed by atoms with Gasteiger partial charge in [0.15, 0.2) is 5.65 Å². The number of sulfonamides is 1. The first-order valence-corrected chi connectivity index (χ1v) is 14.7. The molecule has 200 valence electrons. The molecule has 0 unspecified atom stereocenters. The molecule has 0 aliphatic carbocycles. The molecule has 2 fully saturated rings. The van der Waals surface area contributed by atoms with Gasteiger partial charge in [0.2, 0.25) is 10.0 Å². The average Bonchev–Trinajstić information content (AvgIpc) is 3.45. The lowest BCUT2D eigenvalue weighted by atomic mass is 9.98. The number of nitrogens with zero attached hydrogens (tertiary/aromatic N) is 5. The van der Waals surface area contributed by atoms with Gasteiger partial charge in [-0.1, -0.05) is 17.5 Å². The molecule has 2 aliphatic heterocycles. The number of benzene rings is 1. The Balaban J connectivity index is 1.48. The minimum absolute atomic E-state index is 0.0247. The summed E-state index contributed by atoms with van der Waals surface area (Å²) in [5, 5.41) is 5.13. The molecular formula is C26H30ClN7O3S. The molecule has 0 radical (unpaired) electrons. The molecule has 0 bridgehead atoms. The first-order chi connectivity index (χ1) is 18.0. The van der Waals surface area contributed by atoms with Gasteiger partial charge in [0, 0.05) is 48.5 Å². The summed E-state index contributed by atoms with van der Waals surface area (Å²) in [5.41, 5.74) is 8.94. The van der Waals surface area contributed by atoms with Crippen LogP contribution in [0.2, 0.25) is 5.02 Å². The maximum atomic E-state index is 13.8. The molecule has 3 N–H and O–H groups in total. The SMILES string of the molecule is C#C[C@@H]1CN(c2nc3cc([C@@H]4CCCCN4C(=O)c4cc(Cl)ccc4NS(C)(=O)=O)nn3cc2C)C[C@H]1N. The number of nitrogens with two attached hydrogens (primary N) is 1. The minimum atomic E-state index is -3.59. The summed E-state index contributed by atoms with van der Waals surface area (Å²) < 4.78 is 28.0. The first kappa shape index (κ1) is 26.3. The highest BCUT2D eigenvalue weighted by atomic mass is 35.5. The van der Waals surface area contributed by atoms with Gasteiger partial charge >= 0.3 is 0 Å². The van der Waals surface area contributed by atoms with E-state index in [1.54, 1.807) is 15.5 Å². The number of aryl methyl sites for hydroxylation is 1. The summed E-state index contributed by atoms with van der Waals surface area (Å²) in [4.78, 5) is 22.5. The number of nitrogens with one attached hydrogen (secondary N) is 1. The molecule has 12 heteroatoms. The zero-order valence-electron chi connectivity index (χ0n) is 21.3. The third-order valence-corrected chi connectivity index (χ3v) is 7.94. The van der Waals surface area contributed by atoms with E-state index in [0.29, 0.717) is 30.3 Å². The zero-order valence-corrected chi connectivity index (χ0v) is 22.8. The van der Waals surface area contributed by atoms with Crippen LogP contribution < -0.4 is 15.4 Å². The smallest absolute Gasteiger partial charge is 0.256 e. The lowest BCUT2D eigenvalue weighted by Crippen LogP contribution is -2.39. The van der Waals surface area contributed by atoms with Crippen molar-refractivity contribution >= 4 is 44.7 Å². The van der Waals surface area contributed by atoms with E-state index < -0.39 is 10.0 Å². The van der Waals surface area contributed by atoms with Crippen molar-refractivity contribution in [3.63, 3.8) is 0 Å². The molecule has 2 aliphatic rings. The van der Waals surface area contributed by atoms with Gasteiger partial charge in [-0.3, -0.25) is 9.52 Å². The van der Waals surface area contributed by atoms with E-state index in [-0.39, 0.29) is 35.2 Å². The number of carbonyl (C=O) groups is 1. The van der Waals surface area contributed by atoms with Crippen molar-refractivity contribution in [2.45, 2.75) is 38.3 Å². The summed E-state index contributed by atoms with van der Waals surface area (Å²) in [7, 11) is -3.59. The molecule has 0 saturated carbocycles. The lowest BCUT2D eigenvalue weighted by Gasteiger charge is -2.35. The second kappa shape index (κ2) is 10.1. The average molecular weight is 556 g/mol. The van der Waals surface area contributed by atoms with Crippen LogP contribution in [-0.2, 0) is 10.0 Å². The second-order valence-corrected chi connectivity index (χ2v) is 12.2. The number of hydrogen-bond acceptors (Lipinski definition) is 7. The van der Waals surface area contributed by atoms with E-state index in [9.17, 15) is 13.2 Å². The number of amides is 1. The number of aromatic nitrogens is 3. The second-order valence-electron chi connectivity index (χ2n) is 10.0. The van der Waals surface area contributed by atoms with Crippen LogP contribution in [0.4, 0.5) is 11.5 Å². The Labute approximate surface area is 227 Å². The molecule has 3 atom stereocenters. The van der Waals surface area contributed by atoms with Gasteiger partial charge < -0.3 is 15.5 Å². The molecule has 2 saturated heterocycles. The minimum Gasteiger partial charge on any atom is -0.353 e. The number of halogens is 1. The third-order valence-electron chi connectivity index (χ3n) is 7.12. The van der Waals surface area contributed by atoms with Gasteiger partial charge in [-0.2, -0.15) is 5.10 Å². The summed E-state index contributed by atoms with van der Waals surface area (Å²) >= 11 is 6.19. The van der Waals surface area contributed by atoms with Gasteiger partial charge in [0.1, 0.15) is 5.82 Å². The van der Waals surface area contributed by atoms with Gasteiger partial charge in [0.25, 0.3) is 5.91 Å². The number of likely N-dealkylation sites (tertiary alicyclic amines) is 1. The Kier molecular flexibility index (Phi) is 6.98. The summed E-state index contributed by atoms with van der Waals surface area (Å²) in [6.45, 7) is 3.77. The van der Waals surface area contributed by atoms with Crippen LogP contribution in [0, 0.1) is 25.2 Å². The molecule has 2 aromatic heterocycles. The molecule has 38 heavy (non-hydrogen) atoms. The highest BCUT2D eigenvalue weighted by Gasteiger charge is 2.33. The van der Waals surface area contributed by atoms with E-state index >= 15 is 0 Å². The molecule has 4 heterocycles. The zero-order chi connectivity index (χ0) is 27.2. The van der Waals surface area contributed by atoms with Gasteiger partial charge in [-0.15, -0.1) is 6.42 Å². The van der Waals surface area contributed by atoms with Crippen LogP contribution in [0.15, 0.2) is 30.5 Å². The van der Waals surface area contributed by atoms with Crippen molar-refractivity contribution < 1.29 is 13.2 Å². The fourth-order valence-electron chi connectivity index (χ4n) is 5.30. The predicted molar refractivity (Wildman–Crippen MR) is 148 cm³/mol. The molecule has 1 amide bonds. The number of carbonyl (C=O) groups excluding carboxylic acids is 1. The van der Waals surface area contributed by atoms with Crippen molar-refractivity contribution in [3.8, 4) is 12.3 Å². The quantitative estimate of drug-likeness (QED) is 0.464. The van der Waals surface area contributed by atoms with E-state index in [0.717, 1.165) is 42.6 Å². The first-order valence-electron chi connectivity index (χ1n) is 12.5. The van der Waals surface area contributed by atoms with Crippen LogP contribution in [-0.4, -0.2) is 65.8 Å². The Morgan fingerprint density at radius 3 is 2.76 bits per heavy atom. The van der Waals surface area contributed by atoms with Crippen molar-refractivity contribution in [2.75, 3.05) is 35.5 Å². The van der Waals surface area contributed by atoms with Crippen molar-refractivity contribution in [2.24, 2.45) is 11.7 Å². The maximum absolute atomic E-state index is 13.8. The fourth-order valence-corrected chi connectivity index (χ4v) is 6.05. The van der Waals surface area contributed by atoms with E-state index in [1.165, 1.54) is 12.1 Å². The van der Waals surface area contributed by atoms with Gasteiger partial charge in [0.05, 0.1) is 35.2 Å². The van der Waals surface area contributed by atoms with E-state index in [1.807, 2.05) is 19.2 Å². The predicted octanol–water partition coefficient (Wildman–Crippen LogP) is 2.83. The van der Waals surface area contributed by atoms with Crippen LogP contribution in [0.5, 0.6) is 0 Å². The number of hydrogen-bond donors (Lipinski definition) is 2. The van der Waals surface area contributed by atoms with E-state index in [4.69, 9.17) is 33.8 Å². The normalized spacial score (nSPS) is 22.0. The Bertz CT molecular complexity index is 1550. The number of piperidine rings is 1. The maximum Gasteiger partial charge on any atom is 0.256 e. The lowest BCUT2D eigenvalue weighted by molar-refractivity contribution is 0.0607. The van der Waals surface area contributed by atoms with Crippen molar-refractivity contribution in [1.29, 1.82) is 0 Å². The standard InChI is InChI=1S/C26H30ClN7O3S/c1-4-17-14-32(15-20(17)28)25-16(2)13-34-24(29-25)12-22(30-34)23-7-5-6-10-33(23)26(35)19-11-18(27)8-9-21(19)31-38(3,36)37/h1,8-9,11-13,17,20,23,31H,5-7,10,14-15,28H2,2-3H3/t17-,20-,23+/m1/s1.